The summed E-state index contributed by atoms with van der Waals surface area (Å²) < 4.78 is 81.6. The lowest BCUT2D eigenvalue weighted by molar-refractivity contribution is -0.253. The minimum atomic E-state index is -2.35. The van der Waals surface area contributed by atoms with E-state index in [0.717, 1.165) is 16.7 Å². The molecule has 4 atom stereocenters. The molecule has 0 spiro atoms. The Bertz CT molecular complexity index is 1610. The zero-order chi connectivity index (χ0) is 32.2. The molecule has 1 saturated heterocycles. The number of nitrogens with zero attached hydrogens (tertiary/aromatic N) is 1. The zero-order valence-corrected chi connectivity index (χ0v) is 24.4. The predicted molar refractivity (Wildman–Crippen MR) is 157 cm³/mol. The van der Waals surface area contributed by atoms with Crippen molar-refractivity contribution in [3.05, 3.63) is 136 Å². The summed E-state index contributed by atoms with van der Waals surface area (Å²) in [5.74, 6) is -12.7. The number of hydrogen-bond donors (Lipinski definition) is 2. The van der Waals surface area contributed by atoms with Crippen LogP contribution < -0.4 is 5.32 Å². The average Bonchev–Trinajstić information content (AvgIpc) is 3.06. The van der Waals surface area contributed by atoms with Crippen LogP contribution >= 0.6 is 0 Å². The molecule has 0 radical (unpaired) electrons. The van der Waals surface area contributed by atoms with Crippen molar-refractivity contribution >= 4 is 11.6 Å². The van der Waals surface area contributed by atoms with Crippen LogP contribution in [-0.2, 0) is 16.1 Å². The number of nitrogens with one attached hydrogen (secondary N) is 1. The Kier molecular flexibility index (Phi) is 9.93. The van der Waals surface area contributed by atoms with Crippen LogP contribution in [0.1, 0.15) is 64.4 Å². The fourth-order valence-corrected chi connectivity index (χ4v) is 5.22. The highest BCUT2D eigenvalue weighted by Gasteiger charge is 2.34. The van der Waals surface area contributed by atoms with E-state index in [2.05, 4.69) is 29.3 Å². The quantitative estimate of drug-likeness (QED) is 0.115. The molecular weight excluding hydrogens is 595 g/mol. The third-order valence-electron chi connectivity index (χ3n) is 7.93. The SMILES string of the molecule is CC(c1ccccc1)N(C)CC1CC(c2ccc(CO)cc2)OC(c2ccc(NC(=O)c3c(F)c(F)c(F)c(F)c3F)cc2)O1. The van der Waals surface area contributed by atoms with E-state index in [1.165, 1.54) is 12.1 Å². The Morgan fingerprint density at radius 2 is 1.42 bits per heavy atom. The third kappa shape index (κ3) is 7.07. The first-order valence-electron chi connectivity index (χ1n) is 14.3. The van der Waals surface area contributed by atoms with Gasteiger partial charge in [0.2, 0.25) is 5.82 Å². The molecule has 11 heteroatoms. The molecule has 1 heterocycles. The molecule has 6 nitrogen and oxygen atoms in total. The molecule has 45 heavy (non-hydrogen) atoms. The van der Waals surface area contributed by atoms with E-state index in [0.29, 0.717) is 18.5 Å². The average molecular weight is 627 g/mol. The van der Waals surface area contributed by atoms with Crippen LogP contribution in [0.4, 0.5) is 27.6 Å². The number of halogens is 5. The zero-order valence-electron chi connectivity index (χ0n) is 24.4. The first-order valence-corrected chi connectivity index (χ1v) is 14.3. The molecule has 1 amide bonds. The topological polar surface area (TPSA) is 71.0 Å². The van der Waals surface area contributed by atoms with Gasteiger partial charge in [-0.2, -0.15) is 0 Å². The monoisotopic (exact) mass is 626 g/mol. The van der Waals surface area contributed by atoms with Crippen molar-refractivity contribution in [2.75, 3.05) is 18.9 Å². The van der Waals surface area contributed by atoms with Gasteiger partial charge in [0.15, 0.2) is 29.6 Å². The molecule has 1 fully saturated rings. The second kappa shape index (κ2) is 13.9. The number of carbonyl (C=O) groups is 1. The van der Waals surface area contributed by atoms with E-state index in [-0.39, 0.29) is 30.5 Å². The van der Waals surface area contributed by atoms with Crippen molar-refractivity contribution < 1.29 is 41.3 Å². The molecule has 0 aromatic heterocycles. The highest BCUT2D eigenvalue weighted by atomic mass is 19.2. The molecule has 0 saturated carbocycles. The lowest BCUT2D eigenvalue weighted by Crippen LogP contribution is -2.38. The summed E-state index contributed by atoms with van der Waals surface area (Å²) in [5, 5.41) is 11.6. The molecular formula is C34H31F5N2O4. The number of anilines is 1. The summed E-state index contributed by atoms with van der Waals surface area (Å²) in [7, 11) is 2.01. The van der Waals surface area contributed by atoms with Gasteiger partial charge < -0.3 is 19.9 Å². The summed E-state index contributed by atoms with van der Waals surface area (Å²) >= 11 is 0. The molecule has 4 unspecified atom stereocenters. The van der Waals surface area contributed by atoms with Crippen LogP contribution in [0.25, 0.3) is 0 Å². The summed E-state index contributed by atoms with van der Waals surface area (Å²) in [6.07, 6.45) is -0.880. The van der Waals surface area contributed by atoms with E-state index in [1.54, 1.807) is 12.1 Å². The van der Waals surface area contributed by atoms with Gasteiger partial charge in [-0.15, -0.1) is 0 Å². The van der Waals surface area contributed by atoms with Crippen LogP contribution in [0, 0.1) is 29.1 Å². The van der Waals surface area contributed by atoms with Gasteiger partial charge >= 0.3 is 0 Å². The lowest BCUT2D eigenvalue weighted by Gasteiger charge is -2.39. The molecule has 5 rings (SSSR count). The summed E-state index contributed by atoms with van der Waals surface area (Å²) in [5.41, 5.74) is 1.86. The second-order valence-electron chi connectivity index (χ2n) is 10.9. The normalized spacial score (nSPS) is 19.0. The number of rotatable bonds is 9. The molecule has 4 aromatic carbocycles. The van der Waals surface area contributed by atoms with E-state index in [4.69, 9.17) is 9.47 Å². The number of likely N-dealkylation sites (N-methyl/N-ethyl adjacent to an activating group) is 1. The standard InChI is InChI=1S/C34H31F5N2O4/c1-19(21-6-4-3-5-7-21)41(2)17-25-16-26(22-10-8-20(18-42)9-11-22)45-34(44-25)23-12-14-24(15-13-23)40-33(43)27-28(35)30(37)32(39)31(38)29(27)36/h3-15,19,25-26,34,42H,16-18H2,1-2H3,(H,40,43). The fourth-order valence-electron chi connectivity index (χ4n) is 5.22. The molecule has 0 bridgehead atoms. The van der Waals surface area contributed by atoms with Crippen LogP contribution in [-0.4, -0.2) is 35.6 Å². The van der Waals surface area contributed by atoms with Gasteiger partial charge in [0.1, 0.15) is 5.56 Å². The van der Waals surface area contributed by atoms with Gasteiger partial charge in [0, 0.05) is 30.3 Å². The smallest absolute Gasteiger partial charge is 0.261 e. The minimum absolute atomic E-state index is 0.0487. The second-order valence-corrected chi connectivity index (χ2v) is 10.9. The molecule has 1 aliphatic rings. The fraction of sp³-hybridized carbons (Fsp3) is 0.265. The highest BCUT2D eigenvalue weighted by molar-refractivity contribution is 6.04. The Labute approximate surface area is 257 Å². The number of ether oxygens (including phenoxy) is 2. The van der Waals surface area contributed by atoms with Crippen molar-refractivity contribution in [1.29, 1.82) is 0 Å². The van der Waals surface area contributed by atoms with Gasteiger partial charge in [-0.25, -0.2) is 22.0 Å². The maximum Gasteiger partial charge on any atom is 0.261 e. The maximum absolute atomic E-state index is 14.1. The Balaban J connectivity index is 1.35. The number of amides is 1. The third-order valence-corrected chi connectivity index (χ3v) is 7.93. The number of carbonyl (C=O) groups excluding carboxylic acids is 1. The van der Waals surface area contributed by atoms with Crippen molar-refractivity contribution in [2.24, 2.45) is 0 Å². The summed E-state index contributed by atoms with van der Waals surface area (Å²) in [4.78, 5) is 14.7. The Morgan fingerprint density at radius 3 is 2.02 bits per heavy atom. The molecule has 1 aliphatic heterocycles. The van der Waals surface area contributed by atoms with Gasteiger partial charge in [-0.05, 0) is 42.8 Å². The number of aliphatic hydroxyl groups is 1. The highest BCUT2D eigenvalue weighted by Crippen LogP contribution is 2.39. The van der Waals surface area contributed by atoms with Crippen LogP contribution in [0.2, 0.25) is 0 Å². The number of hydrogen-bond acceptors (Lipinski definition) is 5. The van der Waals surface area contributed by atoms with Crippen molar-refractivity contribution in [2.45, 2.75) is 44.5 Å². The van der Waals surface area contributed by atoms with Crippen LogP contribution in [0.3, 0.4) is 0 Å². The Hall–Kier alpha value is -4.16. The summed E-state index contributed by atoms with van der Waals surface area (Å²) in [6.45, 7) is 2.60. The first kappa shape index (κ1) is 32.2. The summed E-state index contributed by atoms with van der Waals surface area (Å²) in [6, 6.07) is 23.6. The predicted octanol–water partition coefficient (Wildman–Crippen LogP) is 7.37. The van der Waals surface area contributed by atoms with E-state index < -0.39 is 46.8 Å². The van der Waals surface area contributed by atoms with E-state index in [9.17, 15) is 31.9 Å². The Morgan fingerprint density at radius 1 is 0.844 bits per heavy atom. The molecule has 236 valence electrons. The van der Waals surface area contributed by atoms with E-state index in [1.807, 2.05) is 49.5 Å². The van der Waals surface area contributed by atoms with Gasteiger partial charge in [0.05, 0.1) is 18.8 Å². The van der Waals surface area contributed by atoms with Crippen molar-refractivity contribution in [3.63, 3.8) is 0 Å². The van der Waals surface area contributed by atoms with Gasteiger partial charge in [0.25, 0.3) is 5.91 Å². The van der Waals surface area contributed by atoms with Gasteiger partial charge in [-0.1, -0.05) is 66.7 Å². The van der Waals surface area contributed by atoms with Gasteiger partial charge in [-0.3, -0.25) is 9.69 Å². The maximum atomic E-state index is 14.1. The van der Waals surface area contributed by atoms with E-state index >= 15 is 0 Å². The number of benzene rings is 4. The molecule has 4 aromatic rings. The molecule has 2 N–H and O–H groups in total. The van der Waals surface area contributed by atoms with Crippen molar-refractivity contribution in [3.8, 4) is 0 Å². The van der Waals surface area contributed by atoms with Crippen LogP contribution in [0.15, 0.2) is 78.9 Å². The van der Waals surface area contributed by atoms with Crippen molar-refractivity contribution in [1.82, 2.24) is 4.90 Å². The minimum Gasteiger partial charge on any atom is -0.392 e. The first-order chi connectivity index (χ1) is 21.6. The number of aliphatic hydroxyl groups excluding tert-OH is 1. The lowest BCUT2D eigenvalue weighted by atomic mass is 9.99. The largest absolute Gasteiger partial charge is 0.392 e. The van der Waals surface area contributed by atoms with Crippen LogP contribution in [0.5, 0.6) is 0 Å². The molecule has 0 aliphatic carbocycles.